The highest BCUT2D eigenvalue weighted by atomic mass is 16.3. The molecule has 0 atom stereocenters. The van der Waals surface area contributed by atoms with Gasteiger partial charge in [0.25, 0.3) is 0 Å². The van der Waals surface area contributed by atoms with Crippen molar-refractivity contribution in [3.05, 3.63) is 71.8 Å². The van der Waals surface area contributed by atoms with Gasteiger partial charge in [0.1, 0.15) is 11.6 Å². The second-order valence-electron chi connectivity index (χ2n) is 5.31. The Morgan fingerprint density at radius 3 is 2.65 bits per heavy atom. The van der Waals surface area contributed by atoms with Crippen molar-refractivity contribution in [1.29, 1.82) is 0 Å². The van der Waals surface area contributed by atoms with Gasteiger partial charge in [-0.1, -0.05) is 30.3 Å². The molecule has 2 heterocycles. The van der Waals surface area contributed by atoms with Crippen molar-refractivity contribution in [2.24, 2.45) is 0 Å². The lowest BCUT2D eigenvalue weighted by Gasteiger charge is -2.09. The Morgan fingerprint density at radius 1 is 1.00 bits per heavy atom. The first-order valence-corrected chi connectivity index (χ1v) is 7.69. The van der Waals surface area contributed by atoms with E-state index in [4.69, 9.17) is 4.42 Å². The van der Waals surface area contributed by atoms with Crippen LogP contribution in [0.5, 0.6) is 0 Å². The van der Waals surface area contributed by atoms with Crippen LogP contribution in [0.15, 0.2) is 59.2 Å². The summed E-state index contributed by atoms with van der Waals surface area (Å²) < 4.78 is 5.31. The maximum atomic E-state index is 5.31. The molecular formula is C18H20N4O. The molecule has 0 aliphatic carbocycles. The van der Waals surface area contributed by atoms with E-state index in [1.807, 2.05) is 31.2 Å². The highest BCUT2D eigenvalue weighted by Crippen LogP contribution is 2.12. The lowest BCUT2D eigenvalue weighted by Crippen LogP contribution is -2.10. The van der Waals surface area contributed by atoms with Gasteiger partial charge in [-0.25, -0.2) is 4.98 Å². The van der Waals surface area contributed by atoms with Crippen molar-refractivity contribution in [1.82, 2.24) is 9.97 Å². The molecule has 2 aromatic heterocycles. The van der Waals surface area contributed by atoms with Crippen LogP contribution < -0.4 is 10.6 Å². The third-order valence-corrected chi connectivity index (χ3v) is 3.42. The molecule has 0 aliphatic heterocycles. The van der Waals surface area contributed by atoms with Crippen LogP contribution >= 0.6 is 0 Å². The molecule has 0 saturated heterocycles. The van der Waals surface area contributed by atoms with E-state index in [1.165, 1.54) is 5.56 Å². The summed E-state index contributed by atoms with van der Waals surface area (Å²) in [7, 11) is 0. The Kier molecular flexibility index (Phi) is 4.88. The molecule has 0 saturated carbocycles. The van der Waals surface area contributed by atoms with Gasteiger partial charge in [0.2, 0.25) is 5.95 Å². The second-order valence-corrected chi connectivity index (χ2v) is 5.31. The van der Waals surface area contributed by atoms with Gasteiger partial charge < -0.3 is 15.1 Å². The van der Waals surface area contributed by atoms with Gasteiger partial charge >= 0.3 is 0 Å². The average Bonchev–Trinajstić information content (AvgIpc) is 3.07. The molecule has 5 heteroatoms. The lowest BCUT2D eigenvalue weighted by atomic mass is 10.1. The normalized spacial score (nSPS) is 10.5. The van der Waals surface area contributed by atoms with E-state index in [0.29, 0.717) is 12.5 Å². The van der Waals surface area contributed by atoms with Crippen LogP contribution in [0.3, 0.4) is 0 Å². The number of benzene rings is 1. The summed E-state index contributed by atoms with van der Waals surface area (Å²) in [6.07, 6.45) is 2.60. The molecule has 5 nitrogen and oxygen atoms in total. The number of rotatable bonds is 7. The SMILES string of the molecule is Cc1cc(NCc2ccco2)nc(NCCc2ccccc2)n1. The molecule has 0 fully saturated rings. The topological polar surface area (TPSA) is 63.0 Å². The average molecular weight is 308 g/mol. The van der Waals surface area contributed by atoms with Crippen LogP contribution in [-0.4, -0.2) is 16.5 Å². The van der Waals surface area contributed by atoms with Gasteiger partial charge in [-0.15, -0.1) is 0 Å². The quantitative estimate of drug-likeness (QED) is 0.697. The first-order valence-electron chi connectivity index (χ1n) is 7.69. The molecule has 23 heavy (non-hydrogen) atoms. The van der Waals surface area contributed by atoms with E-state index in [2.05, 4.69) is 44.9 Å². The summed E-state index contributed by atoms with van der Waals surface area (Å²) in [6.45, 7) is 3.36. The number of nitrogens with one attached hydrogen (secondary N) is 2. The first-order chi connectivity index (χ1) is 11.3. The molecule has 2 N–H and O–H groups in total. The van der Waals surface area contributed by atoms with Crippen LogP contribution in [0.2, 0.25) is 0 Å². The number of hydrogen-bond acceptors (Lipinski definition) is 5. The van der Waals surface area contributed by atoms with Crippen LogP contribution in [0.4, 0.5) is 11.8 Å². The van der Waals surface area contributed by atoms with Crippen LogP contribution in [-0.2, 0) is 13.0 Å². The van der Waals surface area contributed by atoms with Crippen molar-refractivity contribution < 1.29 is 4.42 Å². The maximum absolute atomic E-state index is 5.31. The van der Waals surface area contributed by atoms with Crippen LogP contribution in [0.1, 0.15) is 17.0 Å². The predicted molar refractivity (Wildman–Crippen MR) is 91.4 cm³/mol. The number of aromatic nitrogens is 2. The number of aryl methyl sites for hydroxylation is 1. The summed E-state index contributed by atoms with van der Waals surface area (Å²) in [5, 5.41) is 6.53. The van der Waals surface area contributed by atoms with E-state index < -0.39 is 0 Å². The minimum Gasteiger partial charge on any atom is -0.467 e. The monoisotopic (exact) mass is 308 g/mol. The summed E-state index contributed by atoms with van der Waals surface area (Å²) >= 11 is 0. The molecular weight excluding hydrogens is 288 g/mol. The maximum Gasteiger partial charge on any atom is 0.224 e. The Balaban J connectivity index is 1.56. The molecule has 3 aromatic rings. The van der Waals surface area contributed by atoms with E-state index in [1.54, 1.807) is 6.26 Å². The first kappa shape index (κ1) is 15.1. The molecule has 118 valence electrons. The molecule has 0 aliphatic rings. The standard InChI is InChI=1S/C18H20N4O/c1-14-12-17(20-13-16-8-5-11-23-16)22-18(21-14)19-10-9-15-6-3-2-4-7-15/h2-8,11-12H,9-10,13H2,1H3,(H2,19,20,21,22). The molecule has 0 unspecified atom stereocenters. The minimum atomic E-state index is 0.604. The van der Waals surface area contributed by atoms with Crippen molar-refractivity contribution >= 4 is 11.8 Å². The number of hydrogen-bond donors (Lipinski definition) is 2. The Bertz CT molecular complexity index is 726. The van der Waals surface area contributed by atoms with E-state index >= 15 is 0 Å². The number of anilines is 2. The molecule has 0 bridgehead atoms. The second kappa shape index (κ2) is 7.45. The summed E-state index contributed by atoms with van der Waals surface area (Å²) in [6, 6.07) is 16.1. The van der Waals surface area contributed by atoms with Gasteiger partial charge in [0.15, 0.2) is 0 Å². The molecule has 0 spiro atoms. The third kappa shape index (κ3) is 4.57. The molecule has 3 rings (SSSR count). The zero-order chi connectivity index (χ0) is 15.9. The molecule has 1 aromatic carbocycles. The van der Waals surface area contributed by atoms with Gasteiger partial charge in [-0.05, 0) is 31.0 Å². The minimum absolute atomic E-state index is 0.604. The number of furan rings is 1. The summed E-state index contributed by atoms with van der Waals surface area (Å²) in [5.41, 5.74) is 2.22. The zero-order valence-corrected chi connectivity index (χ0v) is 13.1. The van der Waals surface area contributed by atoms with Crippen molar-refractivity contribution in [3.8, 4) is 0 Å². The predicted octanol–water partition coefficient (Wildman–Crippen LogP) is 3.64. The zero-order valence-electron chi connectivity index (χ0n) is 13.1. The van der Waals surface area contributed by atoms with Gasteiger partial charge in [0, 0.05) is 18.3 Å². The summed E-state index contributed by atoms with van der Waals surface area (Å²) in [4.78, 5) is 8.91. The third-order valence-electron chi connectivity index (χ3n) is 3.42. The van der Waals surface area contributed by atoms with Crippen molar-refractivity contribution in [3.63, 3.8) is 0 Å². The Hall–Kier alpha value is -2.82. The van der Waals surface area contributed by atoms with Gasteiger partial charge in [0.05, 0.1) is 12.8 Å². The summed E-state index contributed by atoms with van der Waals surface area (Å²) in [5.74, 6) is 2.30. The lowest BCUT2D eigenvalue weighted by molar-refractivity contribution is 0.518. The fourth-order valence-electron chi connectivity index (χ4n) is 2.29. The van der Waals surface area contributed by atoms with E-state index in [-0.39, 0.29) is 0 Å². The van der Waals surface area contributed by atoms with Crippen molar-refractivity contribution in [2.75, 3.05) is 17.2 Å². The smallest absolute Gasteiger partial charge is 0.224 e. The highest BCUT2D eigenvalue weighted by molar-refractivity contribution is 5.42. The van der Waals surface area contributed by atoms with Gasteiger partial charge in [-0.3, -0.25) is 0 Å². The highest BCUT2D eigenvalue weighted by Gasteiger charge is 2.03. The van der Waals surface area contributed by atoms with Gasteiger partial charge in [-0.2, -0.15) is 4.98 Å². The number of nitrogens with zero attached hydrogens (tertiary/aromatic N) is 2. The Labute approximate surface area is 135 Å². The molecule has 0 radical (unpaired) electrons. The Morgan fingerprint density at radius 2 is 1.87 bits per heavy atom. The van der Waals surface area contributed by atoms with Crippen molar-refractivity contribution in [2.45, 2.75) is 19.9 Å². The largest absolute Gasteiger partial charge is 0.467 e. The van der Waals surface area contributed by atoms with Crippen LogP contribution in [0, 0.1) is 6.92 Å². The van der Waals surface area contributed by atoms with E-state index in [9.17, 15) is 0 Å². The molecule has 0 amide bonds. The fraction of sp³-hybridized carbons (Fsp3) is 0.222. The fourth-order valence-corrected chi connectivity index (χ4v) is 2.29. The van der Waals surface area contributed by atoms with Crippen LogP contribution in [0.25, 0.3) is 0 Å². The van der Waals surface area contributed by atoms with E-state index in [0.717, 1.165) is 30.2 Å².